The molecule has 0 amide bonds. The van der Waals surface area contributed by atoms with Crippen LogP contribution >= 0.6 is 0 Å². The van der Waals surface area contributed by atoms with E-state index < -0.39 is 17.5 Å². The standard InChI is InChI=1S/C15H20O3/c1-5-13(14(16)18-6-2)15(4,17)12-9-7-11(3)8-10-12/h5,7-10,13,17H,1,6H2,2-4H3. The third-order valence-electron chi connectivity index (χ3n) is 3.02. The van der Waals surface area contributed by atoms with E-state index in [2.05, 4.69) is 6.58 Å². The summed E-state index contributed by atoms with van der Waals surface area (Å²) in [6, 6.07) is 7.42. The largest absolute Gasteiger partial charge is 0.465 e. The first kappa shape index (κ1) is 14.5. The molecule has 0 radical (unpaired) electrons. The Bertz CT molecular complexity index is 418. The van der Waals surface area contributed by atoms with Crippen LogP contribution in [0.3, 0.4) is 0 Å². The molecule has 0 saturated heterocycles. The maximum atomic E-state index is 11.8. The number of carbonyl (C=O) groups excluding carboxylic acids is 1. The molecule has 0 aliphatic rings. The van der Waals surface area contributed by atoms with E-state index in [1.165, 1.54) is 6.08 Å². The van der Waals surface area contributed by atoms with Crippen molar-refractivity contribution in [2.45, 2.75) is 26.4 Å². The van der Waals surface area contributed by atoms with E-state index >= 15 is 0 Å². The Morgan fingerprint density at radius 2 is 2.06 bits per heavy atom. The molecular weight excluding hydrogens is 228 g/mol. The van der Waals surface area contributed by atoms with Gasteiger partial charge in [0.2, 0.25) is 0 Å². The van der Waals surface area contributed by atoms with Gasteiger partial charge in [0, 0.05) is 0 Å². The minimum absolute atomic E-state index is 0.285. The van der Waals surface area contributed by atoms with Crippen molar-refractivity contribution < 1.29 is 14.6 Å². The van der Waals surface area contributed by atoms with E-state index in [0.29, 0.717) is 5.56 Å². The van der Waals surface area contributed by atoms with Crippen LogP contribution in [0.2, 0.25) is 0 Å². The molecule has 0 aliphatic carbocycles. The second-order valence-electron chi connectivity index (χ2n) is 4.48. The summed E-state index contributed by atoms with van der Waals surface area (Å²) in [5.41, 5.74) is 0.453. The van der Waals surface area contributed by atoms with E-state index in [4.69, 9.17) is 4.74 Å². The number of benzene rings is 1. The number of hydrogen-bond donors (Lipinski definition) is 1. The molecule has 18 heavy (non-hydrogen) atoms. The Morgan fingerprint density at radius 1 is 1.50 bits per heavy atom. The zero-order valence-corrected chi connectivity index (χ0v) is 11.1. The molecule has 0 aliphatic heterocycles. The molecule has 0 heterocycles. The van der Waals surface area contributed by atoms with Crippen molar-refractivity contribution in [2.75, 3.05) is 6.61 Å². The molecular formula is C15H20O3. The number of ether oxygens (including phenoxy) is 1. The predicted molar refractivity (Wildman–Crippen MR) is 71.1 cm³/mol. The van der Waals surface area contributed by atoms with E-state index in [1.807, 2.05) is 31.2 Å². The summed E-state index contributed by atoms with van der Waals surface area (Å²) in [5, 5.41) is 10.6. The molecule has 0 fully saturated rings. The van der Waals surface area contributed by atoms with Gasteiger partial charge in [0.1, 0.15) is 11.5 Å². The Kier molecular flexibility index (Phi) is 4.68. The molecule has 2 unspecified atom stereocenters. The van der Waals surface area contributed by atoms with Crippen molar-refractivity contribution >= 4 is 5.97 Å². The summed E-state index contributed by atoms with van der Waals surface area (Å²) in [6.45, 7) is 9.20. The SMILES string of the molecule is C=CC(C(=O)OCC)C(C)(O)c1ccc(C)cc1. The highest BCUT2D eigenvalue weighted by molar-refractivity contribution is 5.76. The van der Waals surface area contributed by atoms with Gasteiger partial charge in [-0.15, -0.1) is 6.58 Å². The number of hydrogen-bond acceptors (Lipinski definition) is 3. The van der Waals surface area contributed by atoms with Gasteiger partial charge in [-0.1, -0.05) is 35.9 Å². The molecule has 1 aromatic carbocycles. The summed E-state index contributed by atoms with van der Waals surface area (Å²) >= 11 is 0. The van der Waals surface area contributed by atoms with Crippen molar-refractivity contribution in [3.8, 4) is 0 Å². The van der Waals surface area contributed by atoms with Gasteiger partial charge in [-0.25, -0.2) is 0 Å². The topological polar surface area (TPSA) is 46.5 Å². The number of esters is 1. The van der Waals surface area contributed by atoms with E-state index in [-0.39, 0.29) is 6.61 Å². The summed E-state index contributed by atoms with van der Waals surface area (Å²) in [6.07, 6.45) is 1.43. The number of rotatable bonds is 5. The van der Waals surface area contributed by atoms with Gasteiger partial charge >= 0.3 is 5.97 Å². The summed E-state index contributed by atoms with van der Waals surface area (Å²) in [7, 11) is 0. The van der Waals surface area contributed by atoms with Crippen molar-refractivity contribution in [2.24, 2.45) is 5.92 Å². The molecule has 0 spiro atoms. The van der Waals surface area contributed by atoms with Gasteiger partial charge in [-0.05, 0) is 26.3 Å². The van der Waals surface area contributed by atoms with Gasteiger partial charge in [0.15, 0.2) is 0 Å². The molecule has 1 N–H and O–H groups in total. The van der Waals surface area contributed by atoms with E-state index in [0.717, 1.165) is 5.56 Å². The molecule has 1 rings (SSSR count). The first-order valence-electron chi connectivity index (χ1n) is 6.02. The Hall–Kier alpha value is -1.61. The number of carbonyl (C=O) groups is 1. The molecule has 0 saturated carbocycles. The first-order valence-corrected chi connectivity index (χ1v) is 6.02. The minimum Gasteiger partial charge on any atom is -0.465 e. The molecule has 3 heteroatoms. The lowest BCUT2D eigenvalue weighted by Gasteiger charge is -2.29. The highest BCUT2D eigenvalue weighted by atomic mass is 16.5. The lowest BCUT2D eigenvalue weighted by atomic mass is 9.82. The summed E-state index contributed by atoms with van der Waals surface area (Å²) in [4.78, 5) is 11.8. The minimum atomic E-state index is -1.32. The third-order valence-corrected chi connectivity index (χ3v) is 3.02. The molecule has 0 aromatic heterocycles. The quantitative estimate of drug-likeness (QED) is 0.643. The van der Waals surface area contributed by atoms with Crippen LogP contribution in [0.1, 0.15) is 25.0 Å². The first-order chi connectivity index (χ1) is 8.43. The van der Waals surface area contributed by atoms with Crippen molar-refractivity contribution in [3.05, 3.63) is 48.0 Å². The van der Waals surface area contributed by atoms with Crippen LogP contribution in [0.5, 0.6) is 0 Å². The van der Waals surface area contributed by atoms with Crippen LogP contribution in [0.15, 0.2) is 36.9 Å². The molecule has 1 aromatic rings. The normalized spacial score (nSPS) is 15.6. The molecule has 3 nitrogen and oxygen atoms in total. The fraction of sp³-hybridized carbons (Fsp3) is 0.400. The second kappa shape index (κ2) is 5.83. The fourth-order valence-corrected chi connectivity index (χ4v) is 1.86. The van der Waals surface area contributed by atoms with Crippen LogP contribution in [0.25, 0.3) is 0 Å². The Labute approximate surface area is 108 Å². The lowest BCUT2D eigenvalue weighted by Crippen LogP contribution is -2.37. The van der Waals surface area contributed by atoms with Crippen molar-refractivity contribution in [1.82, 2.24) is 0 Å². The van der Waals surface area contributed by atoms with E-state index in [1.54, 1.807) is 13.8 Å². The predicted octanol–water partition coefficient (Wildman–Crippen LogP) is 2.57. The average molecular weight is 248 g/mol. The highest BCUT2D eigenvalue weighted by Gasteiger charge is 2.37. The fourth-order valence-electron chi connectivity index (χ4n) is 1.86. The molecule has 0 bridgehead atoms. The van der Waals surface area contributed by atoms with Crippen LogP contribution in [0, 0.1) is 12.8 Å². The number of aryl methyl sites for hydroxylation is 1. The summed E-state index contributed by atoms with van der Waals surface area (Å²) in [5.74, 6) is -1.24. The maximum Gasteiger partial charge on any atom is 0.316 e. The zero-order chi connectivity index (χ0) is 13.8. The maximum absolute atomic E-state index is 11.8. The Morgan fingerprint density at radius 3 is 2.50 bits per heavy atom. The smallest absolute Gasteiger partial charge is 0.316 e. The van der Waals surface area contributed by atoms with Gasteiger partial charge in [-0.2, -0.15) is 0 Å². The van der Waals surface area contributed by atoms with Gasteiger partial charge in [-0.3, -0.25) is 4.79 Å². The zero-order valence-electron chi connectivity index (χ0n) is 11.1. The van der Waals surface area contributed by atoms with Gasteiger partial charge in [0.25, 0.3) is 0 Å². The second-order valence-corrected chi connectivity index (χ2v) is 4.48. The van der Waals surface area contributed by atoms with Crippen molar-refractivity contribution in [1.29, 1.82) is 0 Å². The Balaban J connectivity index is 3.05. The van der Waals surface area contributed by atoms with E-state index in [9.17, 15) is 9.90 Å². The number of aliphatic hydroxyl groups is 1. The van der Waals surface area contributed by atoms with Crippen LogP contribution in [-0.2, 0) is 15.1 Å². The molecule has 2 atom stereocenters. The lowest BCUT2D eigenvalue weighted by molar-refractivity contribution is -0.154. The highest BCUT2D eigenvalue weighted by Crippen LogP contribution is 2.31. The molecule has 98 valence electrons. The van der Waals surface area contributed by atoms with Crippen LogP contribution < -0.4 is 0 Å². The van der Waals surface area contributed by atoms with Crippen molar-refractivity contribution in [3.63, 3.8) is 0 Å². The third kappa shape index (κ3) is 2.99. The van der Waals surface area contributed by atoms with Gasteiger partial charge < -0.3 is 9.84 Å². The van der Waals surface area contributed by atoms with Crippen LogP contribution in [-0.4, -0.2) is 17.7 Å². The van der Waals surface area contributed by atoms with Crippen LogP contribution in [0.4, 0.5) is 0 Å². The average Bonchev–Trinajstić information content (AvgIpc) is 2.30. The van der Waals surface area contributed by atoms with Gasteiger partial charge in [0.05, 0.1) is 6.61 Å². The summed E-state index contributed by atoms with van der Waals surface area (Å²) < 4.78 is 4.96. The monoisotopic (exact) mass is 248 g/mol.